The van der Waals surface area contributed by atoms with Crippen molar-refractivity contribution in [3.05, 3.63) is 119 Å². The molecule has 4 aromatic carbocycles. The van der Waals surface area contributed by atoms with Gasteiger partial charge in [-0.2, -0.15) is 0 Å². The predicted molar refractivity (Wildman–Crippen MR) is 212 cm³/mol. The van der Waals surface area contributed by atoms with E-state index in [-0.39, 0.29) is 6.61 Å². The number of rotatable bonds is 9. The molecule has 304 valence electrons. The Morgan fingerprint density at radius 3 is 1.17 bits per heavy atom. The molecule has 0 bridgehead atoms. The van der Waals surface area contributed by atoms with Gasteiger partial charge in [0.05, 0.1) is 75.1 Å². The lowest BCUT2D eigenvalue weighted by Crippen LogP contribution is -2.00. The van der Waals surface area contributed by atoms with Gasteiger partial charge >= 0.3 is 16.5 Å². The molecule has 0 atom stereocenters. The van der Waals surface area contributed by atoms with Gasteiger partial charge in [0.15, 0.2) is 53.2 Å². The van der Waals surface area contributed by atoms with E-state index in [2.05, 4.69) is 4.98 Å². The van der Waals surface area contributed by atoms with Gasteiger partial charge in [-0.3, -0.25) is 9.51 Å². The molecule has 11 rings (SSSR count). The van der Waals surface area contributed by atoms with Crippen LogP contribution in [0.4, 0.5) is 0 Å². The van der Waals surface area contributed by atoms with Crippen LogP contribution >= 0.6 is 16.5 Å². The van der Waals surface area contributed by atoms with Crippen molar-refractivity contribution in [2.24, 2.45) is 0 Å². The van der Waals surface area contributed by atoms with E-state index in [1.165, 1.54) is 0 Å². The van der Waals surface area contributed by atoms with Crippen molar-refractivity contribution in [3.63, 3.8) is 0 Å². The van der Waals surface area contributed by atoms with Crippen LogP contribution < -0.4 is 9.05 Å². The number of hydrogen-bond acceptors (Lipinski definition) is 15. The molecular weight excluding hydrogens is 804 g/mol. The van der Waals surface area contributed by atoms with Crippen molar-refractivity contribution in [1.29, 1.82) is 0 Å². The molecule has 4 fully saturated rings. The van der Waals surface area contributed by atoms with Crippen LogP contribution in [0, 0.1) is 0 Å². The monoisotopic (exact) mass is 841 g/mol. The summed E-state index contributed by atoms with van der Waals surface area (Å²) in [6.07, 6.45) is -0.801. The number of fused-ring (bicyclic) bond motifs is 6. The summed E-state index contributed by atoms with van der Waals surface area (Å²) in [4.78, 5) is 4.66. The number of hydrogen-bond donors (Lipinski definition) is 0. The molecule has 7 heterocycles. The van der Waals surface area contributed by atoms with E-state index in [1.54, 1.807) is 18.3 Å². The minimum Gasteiger partial charge on any atom is -0.398 e. The Morgan fingerprint density at radius 2 is 0.797 bits per heavy atom. The molecule has 7 aromatic rings. The second kappa shape index (κ2) is 16.4. The second-order valence-corrected chi connectivity index (χ2v) is 15.9. The van der Waals surface area contributed by atoms with Gasteiger partial charge in [0.25, 0.3) is 0 Å². The Balaban J connectivity index is 1.01. The lowest BCUT2D eigenvalue weighted by molar-refractivity contribution is -0.0437. The van der Waals surface area contributed by atoms with Crippen LogP contribution in [0.2, 0.25) is 0 Å². The van der Waals surface area contributed by atoms with E-state index in [1.807, 2.05) is 72.8 Å². The lowest BCUT2D eigenvalue weighted by Gasteiger charge is -2.11. The highest BCUT2D eigenvalue weighted by Crippen LogP contribution is 2.45. The summed E-state index contributed by atoms with van der Waals surface area (Å²) in [6.45, 7) is 3.66. The molecule has 3 aromatic heterocycles. The topological polar surface area (TPSA) is 158 Å². The molecule has 0 radical (unpaired) electrons. The van der Waals surface area contributed by atoms with Gasteiger partial charge in [-0.1, -0.05) is 72.8 Å². The first-order chi connectivity index (χ1) is 29.2. The Labute approximate surface area is 337 Å². The van der Waals surface area contributed by atoms with Gasteiger partial charge in [-0.05, 0) is 12.1 Å². The van der Waals surface area contributed by atoms with Crippen molar-refractivity contribution in [3.8, 4) is 5.75 Å². The molecule has 0 amide bonds. The van der Waals surface area contributed by atoms with E-state index in [0.717, 1.165) is 32.7 Å². The first-order valence-corrected chi connectivity index (χ1v) is 21.5. The Kier molecular flexibility index (Phi) is 10.3. The largest absolute Gasteiger partial charge is 0.453 e. The molecule has 17 heteroatoms. The van der Waals surface area contributed by atoms with Crippen molar-refractivity contribution in [2.45, 2.75) is 31.8 Å². The predicted octanol–water partition coefficient (Wildman–Crippen LogP) is 9.94. The molecular formula is C42H37NO14P2. The average Bonchev–Trinajstić information content (AvgIpc) is 4.12. The average molecular weight is 842 g/mol. The molecule has 4 saturated heterocycles. The third kappa shape index (κ3) is 7.22. The minimum atomic E-state index is -2.17. The van der Waals surface area contributed by atoms with Crippen molar-refractivity contribution in [2.75, 3.05) is 52.9 Å². The van der Waals surface area contributed by atoms with Crippen LogP contribution in [0.3, 0.4) is 0 Å². The van der Waals surface area contributed by atoms with Crippen LogP contribution in [0.5, 0.6) is 5.75 Å². The first-order valence-electron chi connectivity index (χ1n) is 19.3. The molecule has 0 saturated carbocycles. The summed E-state index contributed by atoms with van der Waals surface area (Å²) in [5.74, 6) is 0.368. The van der Waals surface area contributed by atoms with Gasteiger partial charge in [0.2, 0.25) is 0 Å². The maximum absolute atomic E-state index is 6.69. The van der Waals surface area contributed by atoms with Crippen molar-refractivity contribution >= 4 is 60.4 Å². The van der Waals surface area contributed by atoms with E-state index in [9.17, 15) is 0 Å². The highest BCUT2D eigenvalue weighted by Gasteiger charge is 2.29. The van der Waals surface area contributed by atoms with E-state index < -0.39 is 41.6 Å². The Hall–Kier alpha value is -4.73. The van der Waals surface area contributed by atoms with Gasteiger partial charge in [0.1, 0.15) is 12.3 Å². The Morgan fingerprint density at radius 1 is 0.441 bits per heavy atom. The third-order valence-corrected chi connectivity index (χ3v) is 12.3. The van der Waals surface area contributed by atoms with Gasteiger partial charge < -0.3 is 59.2 Å². The highest BCUT2D eigenvalue weighted by molar-refractivity contribution is 7.32. The summed E-state index contributed by atoms with van der Waals surface area (Å²) < 4.78 is 87.3. The molecule has 0 N–H and O–H groups in total. The molecule has 0 aliphatic carbocycles. The summed E-state index contributed by atoms with van der Waals surface area (Å²) in [5, 5.41) is 3.15. The van der Waals surface area contributed by atoms with Crippen LogP contribution in [-0.4, -0.2) is 57.8 Å². The number of benzene rings is 4. The summed E-state index contributed by atoms with van der Waals surface area (Å²) in [5.41, 5.74) is 5.43. The van der Waals surface area contributed by atoms with Gasteiger partial charge in [0, 0.05) is 27.7 Å². The SMILES string of the molecule is c1cnc(COp2oc3c(C4OCCO4)cccc3c3cccc(C4OCCO4)c3o2)c(Op2oc3c(C4OCCO4)cccc3c3cccc(C4OCCO4)c3o2)c1. The maximum Gasteiger partial charge on any atom is 0.453 e. The second-order valence-electron chi connectivity index (χ2n) is 13.8. The van der Waals surface area contributed by atoms with Gasteiger partial charge in [-0.25, -0.2) is 0 Å². The standard InChI is InChI=1S/C42H37NO14P2/c1-6-25-26-7-2-11-30(40-46-18-19-47-40)36(26)55-58(54-35(25)29(10-1)39-44-16-17-45-39)52-24-33-34(14-5-15-43-33)53-59-56-37-27(8-3-12-31(37)41-48-20-21-49-41)28-9-4-13-32(38(28)57-59)42-50-22-23-51-42/h1-15,39-42H,16-24H2. The van der Waals surface area contributed by atoms with Crippen LogP contribution in [0.25, 0.3) is 43.9 Å². The van der Waals surface area contributed by atoms with Gasteiger partial charge in [-0.15, -0.1) is 0 Å². The van der Waals surface area contributed by atoms with Crippen LogP contribution in [0.15, 0.2) is 108 Å². The van der Waals surface area contributed by atoms with Crippen LogP contribution in [-0.2, 0) is 44.5 Å². The van der Waals surface area contributed by atoms with Crippen molar-refractivity contribution < 1.29 is 63.7 Å². The molecule has 0 spiro atoms. The molecule has 0 unspecified atom stereocenters. The zero-order valence-electron chi connectivity index (χ0n) is 31.4. The van der Waals surface area contributed by atoms with E-state index in [4.69, 9.17) is 63.7 Å². The summed E-state index contributed by atoms with van der Waals surface area (Å²) >= 11 is 0. The number of pyridine rings is 1. The van der Waals surface area contributed by atoms with E-state index >= 15 is 0 Å². The fourth-order valence-electron chi connectivity index (χ4n) is 7.60. The fraction of sp³-hybridized carbons (Fsp3) is 0.310. The molecule has 59 heavy (non-hydrogen) atoms. The smallest absolute Gasteiger partial charge is 0.398 e. The molecule has 4 aliphatic heterocycles. The fourth-order valence-corrected chi connectivity index (χ4v) is 9.82. The molecule has 4 aliphatic rings. The zero-order valence-corrected chi connectivity index (χ0v) is 33.2. The first kappa shape index (κ1) is 37.3. The normalized spacial score (nSPS) is 18.3. The lowest BCUT2D eigenvalue weighted by atomic mass is 10.0. The van der Waals surface area contributed by atoms with Crippen molar-refractivity contribution in [1.82, 2.24) is 4.98 Å². The van der Waals surface area contributed by atoms with Crippen LogP contribution in [0.1, 0.15) is 53.1 Å². The maximum atomic E-state index is 6.69. The third-order valence-electron chi connectivity index (χ3n) is 10.3. The quantitative estimate of drug-likeness (QED) is 0.135. The summed E-state index contributed by atoms with van der Waals surface area (Å²) in [6, 6.07) is 26.9. The van der Waals surface area contributed by atoms with E-state index in [0.29, 0.717) is 97.8 Å². The number of nitrogens with zero attached hydrogens (tertiary/aromatic N) is 1. The Bertz CT molecular complexity index is 2580. The zero-order chi connectivity index (χ0) is 39.1. The summed E-state index contributed by atoms with van der Waals surface area (Å²) in [7, 11) is -4.29. The number of para-hydroxylation sites is 4. The highest BCUT2D eigenvalue weighted by atomic mass is 31.1. The molecule has 15 nitrogen and oxygen atoms in total. The number of ether oxygens (including phenoxy) is 8. The minimum absolute atomic E-state index is 0.0654. The number of aromatic nitrogens is 1.